The highest BCUT2D eigenvalue weighted by molar-refractivity contribution is 9.09. The van der Waals surface area contributed by atoms with E-state index in [0.29, 0.717) is 25.0 Å². The molecular formula is C11H18BrNO2. The Kier molecular flexibility index (Phi) is 4.03. The molecule has 15 heavy (non-hydrogen) atoms. The average Bonchev–Trinajstić information content (AvgIpc) is 2.81. The molecule has 3 nitrogen and oxygen atoms in total. The first-order valence-electron chi connectivity index (χ1n) is 5.77. The van der Waals surface area contributed by atoms with Crippen molar-refractivity contribution in [3.63, 3.8) is 0 Å². The van der Waals surface area contributed by atoms with Crippen molar-refractivity contribution in [1.82, 2.24) is 4.90 Å². The van der Waals surface area contributed by atoms with Crippen LogP contribution in [0.15, 0.2) is 0 Å². The largest absolute Gasteiger partial charge is 0.377 e. The minimum absolute atomic E-state index is 0.242. The maximum absolute atomic E-state index is 12.2. The van der Waals surface area contributed by atoms with Crippen molar-refractivity contribution in [2.75, 3.05) is 25.1 Å². The number of amides is 1. The maximum atomic E-state index is 12.2. The van der Waals surface area contributed by atoms with Gasteiger partial charge in [0, 0.05) is 17.8 Å². The van der Waals surface area contributed by atoms with Gasteiger partial charge < -0.3 is 9.64 Å². The zero-order valence-electron chi connectivity index (χ0n) is 8.95. The summed E-state index contributed by atoms with van der Waals surface area (Å²) in [4.78, 5) is 14.2. The summed E-state index contributed by atoms with van der Waals surface area (Å²) in [7, 11) is 0. The van der Waals surface area contributed by atoms with Crippen LogP contribution < -0.4 is 0 Å². The normalized spacial score (nSPS) is 28.3. The number of carbonyl (C=O) groups is 1. The molecule has 2 aliphatic rings. The van der Waals surface area contributed by atoms with Gasteiger partial charge in [-0.3, -0.25) is 4.79 Å². The molecule has 1 aliphatic carbocycles. The summed E-state index contributed by atoms with van der Waals surface area (Å²) in [6, 6.07) is 0.242. The molecule has 0 bridgehead atoms. The van der Waals surface area contributed by atoms with E-state index in [9.17, 15) is 4.79 Å². The third-order valence-corrected chi connectivity index (χ3v) is 4.14. The summed E-state index contributed by atoms with van der Waals surface area (Å²) in [6.45, 7) is 2.15. The first-order chi connectivity index (χ1) is 7.33. The van der Waals surface area contributed by atoms with E-state index >= 15 is 0 Å². The first-order valence-corrected chi connectivity index (χ1v) is 6.89. The van der Waals surface area contributed by atoms with Crippen LogP contribution in [0.4, 0.5) is 0 Å². The number of morpholine rings is 1. The van der Waals surface area contributed by atoms with Gasteiger partial charge >= 0.3 is 0 Å². The Morgan fingerprint density at radius 1 is 1.40 bits per heavy atom. The van der Waals surface area contributed by atoms with Crippen LogP contribution in [0.25, 0.3) is 0 Å². The van der Waals surface area contributed by atoms with Crippen LogP contribution in [-0.4, -0.2) is 41.9 Å². The second-order valence-corrected chi connectivity index (χ2v) is 5.04. The number of carbonyl (C=O) groups excluding carboxylic acids is 1. The highest BCUT2D eigenvalue weighted by atomic mass is 79.9. The molecule has 1 atom stereocenters. The third-order valence-electron chi connectivity index (χ3n) is 3.39. The molecular weight excluding hydrogens is 258 g/mol. The molecule has 1 saturated carbocycles. The minimum Gasteiger partial charge on any atom is -0.377 e. The van der Waals surface area contributed by atoms with E-state index in [1.807, 2.05) is 4.90 Å². The van der Waals surface area contributed by atoms with E-state index in [0.717, 1.165) is 24.7 Å². The summed E-state index contributed by atoms with van der Waals surface area (Å²) in [6.07, 6.45) is 4.62. The van der Waals surface area contributed by atoms with Crippen LogP contribution in [0.5, 0.6) is 0 Å². The van der Waals surface area contributed by atoms with Gasteiger partial charge in [0.1, 0.15) is 0 Å². The van der Waals surface area contributed by atoms with Gasteiger partial charge in [0.2, 0.25) is 5.91 Å². The molecule has 0 radical (unpaired) electrons. The van der Waals surface area contributed by atoms with Gasteiger partial charge in [-0.2, -0.15) is 0 Å². The van der Waals surface area contributed by atoms with Crippen LogP contribution in [0, 0.1) is 5.92 Å². The molecule has 0 aromatic carbocycles. The van der Waals surface area contributed by atoms with Crippen LogP contribution in [0.1, 0.15) is 25.7 Å². The van der Waals surface area contributed by atoms with Crippen LogP contribution in [0.2, 0.25) is 0 Å². The predicted octanol–water partition coefficient (Wildman–Crippen LogP) is 1.80. The smallest absolute Gasteiger partial charge is 0.226 e. The van der Waals surface area contributed by atoms with Crippen molar-refractivity contribution in [1.29, 1.82) is 0 Å². The van der Waals surface area contributed by atoms with Crippen molar-refractivity contribution in [3.05, 3.63) is 0 Å². The van der Waals surface area contributed by atoms with E-state index < -0.39 is 0 Å². The van der Waals surface area contributed by atoms with E-state index in [-0.39, 0.29) is 6.04 Å². The molecule has 86 valence electrons. The molecule has 1 heterocycles. The van der Waals surface area contributed by atoms with Crippen molar-refractivity contribution >= 4 is 21.8 Å². The van der Waals surface area contributed by atoms with Gasteiger partial charge in [0.05, 0.1) is 19.3 Å². The molecule has 4 heteroatoms. The number of nitrogens with zero attached hydrogens (tertiary/aromatic N) is 1. The molecule has 0 aromatic rings. The first kappa shape index (κ1) is 11.4. The Morgan fingerprint density at radius 2 is 2.13 bits per heavy atom. The average molecular weight is 276 g/mol. The standard InChI is InChI=1S/C11H18BrNO2/c12-7-10-8-15-6-5-13(10)11(14)9-3-1-2-4-9/h9-10H,1-8H2. The van der Waals surface area contributed by atoms with Crippen molar-refractivity contribution in [2.24, 2.45) is 5.92 Å². The molecule has 2 rings (SSSR count). The minimum atomic E-state index is 0.242. The fourth-order valence-electron chi connectivity index (χ4n) is 2.48. The van der Waals surface area contributed by atoms with Crippen LogP contribution in [0.3, 0.4) is 0 Å². The second-order valence-electron chi connectivity index (χ2n) is 4.40. The number of rotatable bonds is 2. The lowest BCUT2D eigenvalue weighted by Gasteiger charge is -2.36. The lowest BCUT2D eigenvalue weighted by Crippen LogP contribution is -2.51. The van der Waals surface area contributed by atoms with Crippen molar-refractivity contribution in [2.45, 2.75) is 31.7 Å². The molecule has 1 saturated heterocycles. The summed E-state index contributed by atoms with van der Waals surface area (Å²) < 4.78 is 5.39. The molecule has 0 spiro atoms. The van der Waals surface area contributed by atoms with Crippen molar-refractivity contribution in [3.8, 4) is 0 Å². The van der Waals surface area contributed by atoms with Gasteiger partial charge in [-0.15, -0.1) is 0 Å². The van der Waals surface area contributed by atoms with Gasteiger partial charge in [-0.05, 0) is 12.8 Å². The topological polar surface area (TPSA) is 29.5 Å². The Labute approximate surface area is 99.3 Å². The SMILES string of the molecule is O=C(C1CCCC1)N1CCOCC1CBr. The maximum Gasteiger partial charge on any atom is 0.226 e. The zero-order valence-corrected chi connectivity index (χ0v) is 10.5. The van der Waals surface area contributed by atoms with E-state index in [1.165, 1.54) is 12.8 Å². The Balaban J connectivity index is 1.96. The van der Waals surface area contributed by atoms with Gasteiger partial charge in [0.25, 0.3) is 0 Å². The number of ether oxygens (including phenoxy) is 1. The highest BCUT2D eigenvalue weighted by Crippen LogP contribution is 2.27. The summed E-state index contributed by atoms with van der Waals surface area (Å²) >= 11 is 3.45. The third kappa shape index (κ3) is 2.53. The molecule has 2 fully saturated rings. The Bertz CT molecular complexity index is 229. The monoisotopic (exact) mass is 275 g/mol. The van der Waals surface area contributed by atoms with Gasteiger partial charge in [0.15, 0.2) is 0 Å². The number of alkyl halides is 1. The number of hydrogen-bond acceptors (Lipinski definition) is 2. The molecule has 0 aromatic heterocycles. The highest BCUT2D eigenvalue weighted by Gasteiger charge is 2.32. The van der Waals surface area contributed by atoms with Crippen LogP contribution in [-0.2, 0) is 9.53 Å². The van der Waals surface area contributed by atoms with E-state index in [4.69, 9.17) is 4.74 Å². The van der Waals surface area contributed by atoms with Crippen LogP contribution >= 0.6 is 15.9 Å². The zero-order chi connectivity index (χ0) is 10.7. The van der Waals surface area contributed by atoms with E-state index in [1.54, 1.807) is 0 Å². The quantitative estimate of drug-likeness (QED) is 0.720. The molecule has 1 amide bonds. The van der Waals surface area contributed by atoms with Gasteiger partial charge in [-0.25, -0.2) is 0 Å². The van der Waals surface area contributed by atoms with E-state index in [2.05, 4.69) is 15.9 Å². The molecule has 1 unspecified atom stereocenters. The number of hydrogen-bond donors (Lipinski definition) is 0. The van der Waals surface area contributed by atoms with Gasteiger partial charge in [-0.1, -0.05) is 28.8 Å². The summed E-state index contributed by atoms with van der Waals surface area (Å²) in [5.41, 5.74) is 0. The molecule has 0 N–H and O–H groups in total. The summed E-state index contributed by atoms with van der Waals surface area (Å²) in [5, 5.41) is 0.825. The Hall–Kier alpha value is -0.0900. The predicted molar refractivity (Wildman–Crippen MR) is 62.1 cm³/mol. The lowest BCUT2D eigenvalue weighted by molar-refractivity contribution is -0.143. The van der Waals surface area contributed by atoms with Crippen molar-refractivity contribution < 1.29 is 9.53 Å². The fraction of sp³-hybridized carbons (Fsp3) is 0.909. The lowest BCUT2D eigenvalue weighted by atomic mass is 10.1. The Morgan fingerprint density at radius 3 is 2.80 bits per heavy atom. The molecule has 1 aliphatic heterocycles. The number of halogens is 1. The second kappa shape index (κ2) is 5.30. The fourth-order valence-corrected chi connectivity index (χ4v) is 3.02. The summed E-state index contributed by atoms with van der Waals surface area (Å²) in [5.74, 6) is 0.657.